The van der Waals surface area contributed by atoms with Crippen LogP contribution in [0.25, 0.3) is 0 Å². The molecule has 0 aromatic heterocycles. The summed E-state index contributed by atoms with van der Waals surface area (Å²) >= 11 is 0. The highest BCUT2D eigenvalue weighted by Gasteiger charge is 2.27. The summed E-state index contributed by atoms with van der Waals surface area (Å²) in [7, 11) is 0. The minimum atomic E-state index is -0.832. The Morgan fingerprint density at radius 1 is 1.03 bits per heavy atom. The van der Waals surface area contributed by atoms with Gasteiger partial charge in [-0.3, -0.25) is 24.5 Å². The molecule has 1 fully saturated rings. The Hall–Kier alpha value is -3.75. The highest BCUT2D eigenvalue weighted by molar-refractivity contribution is 6.05. The van der Waals surface area contributed by atoms with Crippen LogP contribution in [0.5, 0.6) is 0 Å². The molecule has 9 heteroatoms. The number of nitro benzene ring substituents is 1. The lowest BCUT2D eigenvalue weighted by Gasteiger charge is -2.30. The molecule has 0 unspecified atom stereocenters. The van der Waals surface area contributed by atoms with Crippen molar-refractivity contribution in [3.05, 3.63) is 69.8 Å². The van der Waals surface area contributed by atoms with E-state index in [9.17, 15) is 24.5 Å². The van der Waals surface area contributed by atoms with Crippen LogP contribution in [0.3, 0.4) is 0 Å². The number of piperidine rings is 1. The zero-order valence-corrected chi connectivity index (χ0v) is 15.4. The number of nitrogens with one attached hydrogen (secondary N) is 1. The highest BCUT2D eigenvalue weighted by Crippen LogP contribution is 2.20. The average Bonchev–Trinajstić information content (AvgIpc) is 2.74. The fourth-order valence-corrected chi connectivity index (χ4v) is 3.17. The van der Waals surface area contributed by atoms with Crippen LogP contribution < -0.4 is 5.32 Å². The first-order chi connectivity index (χ1) is 13.8. The van der Waals surface area contributed by atoms with Crippen molar-refractivity contribution in [1.82, 2.24) is 4.90 Å². The Morgan fingerprint density at radius 3 is 2.28 bits per heavy atom. The van der Waals surface area contributed by atoms with Crippen LogP contribution >= 0.6 is 0 Å². The molecule has 0 radical (unpaired) electrons. The third-order valence-electron chi connectivity index (χ3n) is 4.84. The van der Waals surface area contributed by atoms with Gasteiger partial charge in [-0.1, -0.05) is 6.07 Å². The van der Waals surface area contributed by atoms with Gasteiger partial charge in [0.15, 0.2) is 0 Å². The quantitative estimate of drug-likeness (QED) is 0.589. The van der Waals surface area contributed by atoms with E-state index in [1.54, 1.807) is 29.2 Å². The first-order valence-corrected chi connectivity index (χ1v) is 9.03. The molecule has 1 heterocycles. The van der Waals surface area contributed by atoms with Crippen molar-refractivity contribution in [2.75, 3.05) is 18.4 Å². The topological polar surface area (TPSA) is 130 Å². The normalized spacial score (nSPS) is 14.3. The van der Waals surface area contributed by atoms with E-state index in [-0.39, 0.29) is 17.2 Å². The Bertz CT molecular complexity index is 949. The Kier molecular flexibility index (Phi) is 5.87. The van der Waals surface area contributed by atoms with E-state index < -0.39 is 22.7 Å². The number of rotatable bonds is 5. The van der Waals surface area contributed by atoms with Crippen LogP contribution in [-0.2, 0) is 4.79 Å². The smallest absolute Gasteiger partial charge is 0.306 e. The lowest BCUT2D eigenvalue weighted by atomic mass is 9.96. The van der Waals surface area contributed by atoms with Gasteiger partial charge in [-0.15, -0.1) is 0 Å². The number of nitro groups is 1. The molecule has 2 N–H and O–H groups in total. The van der Waals surface area contributed by atoms with Crippen LogP contribution in [0.1, 0.15) is 33.6 Å². The molecule has 2 aromatic rings. The maximum atomic E-state index is 12.6. The van der Waals surface area contributed by atoms with Crippen LogP contribution in [0, 0.1) is 16.0 Å². The second kappa shape index (κ2) is 8.51. The van der Waals surface area contributed by atoms with Crippen molar-refractivity contribution >= 4 is 29.2 Å². The predicted octanol–water partition coefficient (Wildman–Crippen LogP) is 2.78. The van der Waals surface area contributed by atoms with E-state index >= 15 is 0 Å². The average molecular weight is 397 g/mol. The SMILES string of the molecule is O=C(Nc1ccc(C(=O)N2CCC(C(=O)O)CC2)cc1)c1cccc([N+](=O)[O-])c1. The van der Waals surface area contributed by atoms with Gasteiger partial charge in [0.05, 0.1) is 10.8 Å². The van der Waals surface area contributed by atoms with E-state index in [4.69, 9.17) is 5.11 Å². The summed E-state index contributed by atoms with van der Waals surface area (Å²) in [5, 5.41) is 22.5. The third-order valence-corrected chi connectivity index (χ3v) is 4.84. The molecule has 2 aromatic carbocycles. The molecule has 150 valence electrons. The van der Waals surface area contributed by atoms with Crippen molar-refractivity contribution < 1.29 is 24.4 Å². The third kappa shape index (κ3) is 4.75. The van der Waals surface area contributed by atoms with Gasteiger partial charge >= 0.3 is 5.97 Å². The van der Waals surface area contributed by atoms with Gasteiger partial charge in [0.1, 0.15) is 0 Å². The summed E-state index contributed by atoms with van der Waals surface area (Å²) in [6.07, 6.45) is 0.858. The number of nitrogens with zero attached hydrogens (tertiary/aromatic N) is 2. The Balaban J connectivity index is 1.62. The van der Waals surface area contributed by atoms with E-state index in [1.165, 1.54) is 24.3 Å². The number of benzene rings is 2. The Labute approximate surface area is 166 Å². The van der Waals surface area contributed by atoms with Crippen molar-refractivity contribution in [3.8, 4) is 0 Å². The van der Waals surface area contributed by atoms with Crippen LogP contribution in [0.15, 0.2) is 48.5 Å². The second-order valence-corrected chi connectivity index (χ2v) is 6.74. The van der Waals surface area contributed by atoms with Gasteiger partial charge in [0.25, 0.3) is 17.5 Å². The maximum Gasteiger partial charge on any atom is 0.306 e. The molecule has 2 amide bonds. The lowest BCUT2D eigenvalue weighted by Crippen LogP contribution is -2.40. The van der Waals surface area contributed by atoms with Gasteiger partial charge in [-0.2, -0.15) is 0 Å². The summed E-state index contributed by atoms with van der Waals surface area (Å²) in [6.45, 7) is 0.780. The van der Waals surface area contributed by atoms with Gasteiger partial charge in [-0.25, -0.2) is 0 Å². The molecule has 3 rings (SSSR count). The van der Waals surface area contributed by atoms with Crippen LogP contribution in [0.2, 0.25) is 0 Å². The highest BCUT2D eigenvalue weighted by atomic mass is 16.6. The summed E-state index contributed by atoms with van der Waals surface area (Å²) < 4.78 is 0. The molecule has 9 nitrogen and oxygen atoms in total. The predicted molar refractivity (Wildman–Crippen MR) is 104 cm³/mol. The first kappa shape index (κ1) is 20.0. The molecule has 0 spiro atoms. The minimum Gasteiger partial charge on any atom is -0.481 e. The van der Waals surface area contributed by atoms with Gasteiger partial charge in [-0.05, 0) is 43.2 Å². The number of carboxylic acids is 1. The van der Waals surface area contributed by atoms with Crippen molar-refractivity contribution in [3.63, 3.8) is 0 Å². The van der Waals surface area contributed by atoms with Gasteiger partial charge < -0.3 is 15.3 Å². The summed E-state index contributed by atoms with van der Waals surface area (Å²) in [5.41, 5.74) is 0.862. The van der Waals surface area contributed by atoms with Crippen LogP contribution in [-0.4, -0.2) is 45.8 Å². The summed E-state index contributed by atoms with van der Waals surface area (Å²) in [6, 6.07) is 11.7. The fourth-order valence-electron chi connectivity index (χ4n) is 3.17. The van der Waals surface area contributed by atoms with Crippen molar-refractivity contribution in [1.29, 1.82) is 0 Å². The van der Waals surface area contributed by atoms with E-state index in [2.05, 4.69) is 5.32 Å². The van der Waals surface area contributed by atoms with Gasteiger partial charge in [0.2, 0.25) is 0 Å². The molecular weight excluding hydrogens is 378 g/mol. The van der Waals surface area contributed by atoms with E-state index in [0.717, 1.165) is 0 Å². The number of anilines is 1. The largest absolute Gasteiger partial charge is 0.481 e. The zero-order valence-electron chi connectivity index (χ0n) is 15.4. The van der Waals surface area contributed by atoms with Crippen molar-refractivity contribution in [2.24, 2.45) is 5.92 Å². The molecule has 1 aliphatic rings. The molecule has 29 heavy (non-hydrogen) atoms. The molecule has 0 aliphatic carbocycles. The fraction of sp³-hybridized carbons (Fsp3) is 0.250. The number of hydrogen-bond acceptors (Lipinski definition) is 5. The Morgan fingerprint density at radius 2 is 1.69 bits per heavy atom. The number of likely N-dealkylation sites (tertiary alicyclic amines) is 1. The van der Waals surface area contributed by atoms with E-state index in [0.29, 0.717) is 37.2 Å². The van der Waals surface area contributed by atoms with Crippen LogP contribution in [0.4, 0.5) is 11.4 Å². The maximum absolute atomic E-state index is 12.6. The number of aliphatic carboxylic acids is 1. The van der Waals surface area contributed by atoms with Gasteiger partial charge in [0, 0.05) is 42.0 Å². The number of carboxylic acid groups (broad SMARTS) is 1. The molecule has 1 aliphatic heterocycles. The zero-order chi connectivity index (χ0) is 21.0. The summed E-state index contributed by atoms with van der Waals surface area (Å²) in [4.78, 5) is 47.7. The number of carbonyl (C=O) groups is 3. The standard InChI is InChI=1S/C20H19N3O6/c24-18(15-2-1-3-17(12-15)23(28)29)21-16-6-4-13(5-7-16)19(25)22-10-8-14(9-11-22)20(26)27/h1-7,12,14H,8-11H2,(H,21,24)(H,26,27). The minimum absolute atomic E-state index is 0.153. The molecule has 0 atom stereocenters. The second-order valence-electron chi connectivity index (χ2n) is 6.74. The number of amides is 2. The number of carbonyl (C=O) groups excluding carboxylic acids is 2. The van der Waals surface area contributed by atoms with E-state index in [1.807, 2.05) is 0 Å². The monoisotopic (exact) mass is 397 g/mol. The number of non-ortho nitro benzene ring substituents is 1. The first-order valence-electron chi connectivity index (χ1n) is 9.03. The molecule has 0 bridgehead atoms. The molecule has 0 saturated carbocycles. The lowest BCUT2D eigenvalue weighted by molar-refractivity contribution is -0.384. The van der Waals surface area contributed by atoms with Crippen molar-refractivity contribution in [2.45, 2.75) is 12.8 Å². The summed E-state index contributed by atoms with van der Waals surface area (Å²) in [5.74, 6) is -1.93. The molecule has 1 saturated heterocycles. The molecular formula is C20H19N3O6. The number of hydrogen-bond donors (Lipinski definition) is 2.